The molecular weight excluding hydrogens is 164 g/mol. The first-order chi connectivity index (χ1) is 6.16. The van der Waals surface area contributed by atoms with Crippen molar-refractivity contribution in [1.82, 2.24) is 10.2 Å². The molecule has 1 N–H and O–H groups in total. The predicted octanol–water partition coefficient (Wildman–Crippen LogP) is 0.605. The topological polar surface area (TPSA) is 32.3 Å². The molecule has 1 saturated carbocycles. The second kappa shape index (κ2) is 3.29. The molecule has 74 valence electrons. The predicted molar refractivity (Wildman–Crippen MR) is 51.4 cm³/mol. The van der Waals surface area contributed by atoms with Crippen molar-refractivity contribution in [3.8, 4) is 0 Å². The Morgan fingerprint density at radius 2 is 1.77 bits per heavy atom. The minimum absolute atomic E-state index is 0.373. The van der Waals surface area contributed by atoms with Crippen molar-refractivity contribution in [2.24, 2.45) is 5.92 Å². The van der Waals surface area contributed by atoms with E-state index in [1.807, 2.05) is 4.90 Å². The van der Waals surface area contributed by atoms with E-state index in [2.05, 4.69) is 19.2 Å². The van der Waals surface area contributed by atoms with Gasteiger partial charge in [-0.15, -0.1) is 0 Å². The smallest absolute Gasteiger partial charge is 0.225 e. The fraction of sp³-hybridized carbons (Fsp3) is 0.900. The Labute approximate surface area is 79.5 Å². The maximum absolute atomic E-state index is 11.7. The second-order valence-electron chi connectivity index (χ2n) is 4.49. The maximum atomic E-state index is 11.7. The summed E-state index contributed by atoms with van der Waals surface area (Å²) in [6.07, 6.45) is 2.23. The highest BCUT2D eigenvalue weighted by atomic mass is 16.2. The standard InChI is InChI=1S/C10H18N2O/c1-7-5-12(6-8(2)11-7)10(13)9-3-4-9/h7-9,11H,3-6H2,1-2H3. The van der Waals surface area contributed by atoms with Gasteiger partial charge in [-0.3, -0.25) is 4.79 Å². The number of piperazine rings is 1. The summed E-state index contributed by atoms with van der Waals surface area (Å²) in [6, 6.07) is 0.901. The molecule has 2 unspecified atom stereocenters. The summed E-state index contributed by atoms with van der Waals surface area (Å²) in [5, 5.41) is 3.43. The van der Waals surface area contributed by atoms with Crippen LogP contribution in [0.2, 0.25) is 0 Å². The maximum Gasteiger partial charge on any atom is 0.225 e. The number of hydrogen-bond donors (Lipinski definition) is 1. The van der Waals surface area contributed by atoms with E-state index in [9.17, 15) is 4.79 Å². The number of hydrogen-bond acceptors (Lipinski definition) is 2. The molecule has 2 atom stereocenters. The zero-order valence-electron chi connectivity index (χ0n) is 8.42. The lowest BCUT2D eigenvalue weighted by molar-refractivity contribution is -0.134. The Morgan fingerprint density at radius 1 is 1.23 bits per heavy atom. The third-order valence-corrected chi connectivity index (χ3v) is 2.80. The highest BCUT2D eigenvalue weighted by Crippen LogP contribution is 2.31. The van der Waals surface area contributed by atoms with Crippen LogP contribution < -0.4 is 5.32 Å². The molecule has 13 heavy (non-hydrogen) atoms. The minimum atomic E-state index is 0.373. The van der Waals surface area contributed by atoms with E-state index in [4.69, 9.17) is 0 Å². The van der Waals surface area contributed by atoms with Gasteiger partial charge in [-0.2, -0.15) is 0 Å². The average molecular weight is 182 g/mol. The van der Waals surface area contributed by atoms with E-state index in [1.54, 1.807) is 0 Å². The first-order valence-electron chi connectivity index (χ1n) is 5.21. The van der Waals surface area contributed by atoms with E-state index < -0.39 is 0 Å². The van der Waals surface area contributed by atoms with Crippen molar-refractivity contribution in [1.29, 1.82) is 0 Å². The first-order valence-corrected chi connectivity index (χ1v) is 5.21. The van der Waals surface area contributed by atoms with Crippen molar-refractivity contribution in [2.75, 3.05) is 13.1 Å². The van der Waals surface area contributed by atoms with Crippen LogP contribution >= 0.6 is 0 Å². The first kappa shape index (κ1) is 9.00. The van der Waals surface area contributed by atoms with Gasteiger partial charge >= 0.3 is 0 Å². The Hall–Kier alpha value is -0.570. The second-order valence-corrected chi connectivity index (χ2v) is 4.49. The number of amides is 1. The van der Waals surface area contributed by atoms with Gasteiger partial charge in [0.2, 0.25) is 5.91 Å². The van der Waals surface area contributed by atoms with Crippen LogP contribution in [0.4, 0.5) is 0 Å². The Kier molecular flexibility index (Phi) is 2.28. The Morgan fingerprint density at radius 3 is 2.23 bits per heavy atom. The number of rotatable bonds is 1. The van der Waals surface area contributed by atoms with E-state index in [0.717, 1.165) is 25.9 Å². The Balaban J connectivity index is 1.93. The lowest BCUT2D eigenvalue weighted by atomic mass is 10.1. The van der Waals surface area contributed by atoms with Gasteiger partial charge in [0.05, 0.1) is 0 Å². The van der Waals surface area contributed by atoms with E-state index in [-0.39, 0.29) is 0 Å². The highest BCUT2D eigenvalue weighted by molar-refractivity contribution is 5.81. The van der Waals surface area contributed by atoms with Crippen LogP contribution in [0.3, 0.4) is 0 Å². The molecule has 1 saturated heterocycles. The lowest BCUT2D eigenvalue weighted by Crippen LogP contribution is -2.56. The monoisotopic (exact) mass is 182 g/mol. The molecule has 1 aliphatic heterocycles. The lowest BCUT2D eigenvalue weighted by Gasteiger charge is -2.36. The summed E-state index contributed by atoms with van der Waals surface area (Å²) in [5.41, 5.74) is 0. The molecule has 2 aliphatic rings. The van der Waals surface area contributed by atoms with E-state index >= 15 is 0 Å². The summed E-state index contributed by atoms with van der Waals surface area (Å²) in [5.74, 6) is 0.762. The van der Waals surface area contributed by atoms with Gasteiger partial charge < -0.3 is 10.2 Å². The van der Waals surface area contributed by atoms with Gasteiger partial charge in [0, 0.05) is 31.1 Å². The molecule has 3 nitrogen and oxygen atoms in total. The fourth-order valence-electron chi connectivity index (χ4n) is 2.10. The molecular formula is C10H18N2O. The summed E-state index contributed by atoms with van der Waals surface area (Å²) in [4.78, 5) is 13.8. The fourth-order valence-corrected chi connectivity index (χ4v) is 2.10. The third-order valence-electron chi connectivity index (χ3n) is 2.80. The van der Waals surface area contributed by atoms with Crippen LogP contribution in [0, 0.1) is 5.92 Å². The van der Waals surface area contributed by atoms with E-state index in [0.29, 0.717) is 23.9 Å². The average Bonchev–Trinajstić information content (AvgIpc) is 2.83. The van der Waals surface area contributed by atoms with E-state index in [1.165, 1.54) is 0 Å². The largest absolute Gasteiger partial charge is 0.339 e. The van der Waals surface area contributed by atoms with Crippen LogP contribution in [0.25, 0.3) is 0 Å². The molecule has 0 bridgehead atoms. The van der Waals surface area contributed by atoms with Crippen molar-refractivity contribution in [3.63, 3.8) is 0 Å². The summed E-state index contributed by atoms with van der Waals surface area (Å²) >= 11 is 0. The summed E-state index contributed by atoms with van der Waals surface area (Å²) in [6.45, 7) is 6.06. The molecule has 0 aromatic carbocycles. The van der Waals surface area contributed by atoms with Crippen LogP contribution in [0.15, 0.2) is 0 Å². The molecule has 2 fully saturated rings. The van der Waals surface area contributed by atoms with Crippen LogP contribution in [0.1, 0.15) is 26.7 Å². The number of nitrogens with zero attached hydrogens (tertiary/aromatic N) is 1. The number of carbonyl (C=O) groups excluding carboxylic acids is 1. The molecule has 1 amide bonds. The molecule has 1 heterocycles. The van der Waals surface area contributed by atoms with Crippen LogP contribution in [-0.4, -0.2) is 36.0 Å². The molecule has 0 aromatic rings. The number of nitrogens with one attached hydrogen (secondary N) is 1. The summed E-state index contributed by atoms with van der Waals surface area (Å²) < 4.78 is 0. The highest BCUT2D eigenvalue weighted by Gasteiger charge is 2.35. The van der Waals surface area contributed by atoms with Crippen molar-refractivity contribution < 1.29 is 4.79 Å². The number of carbonyl (C=O) groups is 1. The normalized spacial score (nSPS) is 34.8. The van der Waals surface area contributed by atoms with Gasteiger partial charge in [-0.1, -0.05) is 0 Å². The van der Waals surface area contributed by atoms with Gasteiger partial charge in [0.1, 0.15) is 0 Å². The quantitative estimate of drug-likeness (QED) is 0.644. The molecule has 0 radical (unpaired) electrons. The van der Waals surface area contributed by atoms with Gasteiger partial charge in [-0.05, 0) is 26.7 Å². The van der Waals surface area contributed by atoms with Gasteiger partial charge in [0.25, 0.3) is 0 Å². The molecule has 3 heteroatoms. The van der Waals surface area contributed by atoms with Crippen molar-refractivity contribution in [3.05, 3.63) is 0 Å². The Bertz CT molecular complexity index is 203. The van der Waals surface area contributed by atoms with Crippen LogP contribution in [-0.2, 0) is 4.79 Å². The molecule has 0 aromatic heterocycles. The summed E-state index contributed by atoms with van der Waals surface area (Å²) in [7, 11) is 0. The van der Waals surface area contributed by atoms with Gasteiger partial charge in [0.15, 0.2) is 0 Å². The minimum Gasteiger partial charge on any atom is -0.339 e. The third kappa shape index (κ3) is 2.02. The van der Waals surface area contributed by atoms with Crippen LogP contribution in [0.5, 0.6) is 0 Å². The zero-order valence-corrected chi connectivity index (χ0v) is 8.42. The molecule has 2 rings (SSSR count). The van der Waals surface area contributed by atoms with Crippen molar-refractivity contribution in [2.45, 2.75) is 38.8 Å². The molecule has 0 spiro atoms. The molecule has 1 aliphatic carbocycles. The van der Waals surface area contributed by atoms with Gasteiger partial charge in [-0.25, -0.2) is 0 Å². The zero-order chi connectivity index (χ0) is 9.42. The van der Waals surface area contributed by atoms with Crippen molar-refractivity contribution >= 4 is 5.91 Å². The SMILES string of the molecule is CC1CN(C(=O)C2CC2)CC(C)N1.